The van der Waals surface area contributed by atoms with Crippen molar-refractivity contribution in [3.63, 3.8) is 0 Å². The van der Waals surface area contributed by atoms with Crippen LogP contribution in [-0.4, -0.2) is 13.2 Å². The highest BCUT2D eigenvalue weighted by molar-refractivity contribution is 5.30. The lowest BCUT2D eigenvalue weighted by Crippen LogP contribution is -2.31. The van der Waals surface area contributed by atoms with Gasteiger partial charge in [-0.2, -0.15) is 0 Å². The van der Waals surface area contributed by atoms with Gasteiger partial charge in [0.25, 0.3) is 0 Å². The van der Waals surface area contributed by atoms with Crippen LogP contribution in [0, 0.1) is 0 Å². The first kappa shape index (κ1) is 10.5. The van der Waals surface area contributed by atoms with Crippen molar-refractivity contribution in [3.8, 4) is 5.75 Å². The minimum absolute atomic E-state index is 0.340. The lowest BCUT2D eigenvalue weighted by Gasteiger charge is -2.28. The van der Waals surface area contributed by atoms with E-state index in [0.29, 0.717) is 12.0 Å². The maximum atomic E-state index is 6.15. The first-order chi connectivity index (χ1) is 7.31. The number of rotatable bonds is 2. The monoisotopic (exact) mass is 205 g/mol. The first-order valence-electron chi connectivity index (χ1n) is 5.71. The van der Waals surface area contributed by atoms with Gasteiger partial charge >= 0.3 is 0 Å². The normalized spacial score (nSPS) is 26.3. The summed E-state index contributed by atoms with van der Waals surface area (Å²) in [5.41, 5.74) is 7.51. The quantitative estimate of drug-likeness (QED) is 0.805. The van der Waals surface area contributed by atoms with Gasteiger partial charge in [-0.15, -0.1) is 0 Å². The van der Waals surface area contributed by atoms with E-state index in [-0.39, 0.29) is 0 Å². The van der Waals surface area contributed by atoms with E-state index in [0.717, 1.165) is 12.2 Å². The molecule has 2 rings (SSSR count). The number of hydrogen-bond donors (Lipinski definition) is 1. The maximum Gasteiger partial charge on any atom is 0.118 e. The summed E-state index contributed by atoms with van der Waals surface area (Å²) in [6.07, 6.45) is 4.99. The molecule has 1 aromatic carbocycles. The Morgan fingerprint density at radius 2 is 1.80 bits per heavy atom. The van der Waals surface area contributed by atoms with Gasteiger partial charge in [0, 0.05) is 6.04 Å². The van der Waals surface area contributed by atoms with Gasteiger partial charge in [-0.3, -0.25) is 0 Å². The third kappa shape index (κ3) is 2.32. The van der Waals surface area contributed by atoms with Gasteiger partial charge in [0.05, 0.1) is 7.11 Å². The lowest BCUT2D eigenvalue weighted by molar-refractivity contribution is 0.384. The highest BCUT2D eigenvalue weighted by Crippen LogP contribution is 2.32. The Morgan fingerprint density at radius 3 is 2.40 bits per heavy atom. The molecule has 2 atom stereocenters. The molecule has 0 aliphatic heterocycles. The number of methoxy groups -OCH3 is 1. The molecule has 2 N–H and O–H groups in total. The van der Waals surface area contributed by atoms with Gasteiger partial charge in [-0.05, 0) is 36.5 Å². The van der Waals surface area contributed by atoms with Gasteiger partial charge in [-0.1, -0.05) is 25.0 Å². The van der Waals surface area contributed by atoms with Crippen molar-refractivity contribution in [1.29, 1.82) is 0 Å². The second-order valence-corrected chi connectivity index (χ2v) is 4.33. The van der Waals surface area contributed by atoms with Crippen LogP contribution >= 0.6 is 0 Å². The number of hydrogen-bond acceptors (Lipinski definition) is 2. The fourth-order valence-corrected chi connectivity index (χ4v) is 2.42. The van der Waals surface area contributed by atoms with Crippen molar-refractivity contribution >= 4 is 0 Å². The Balaban J connectivity index is 2.13. The van der Waals surface area contributed by atoms with E-state index in [2.05, 4.69) is 12.1 Å². The Kier molecular flexibility index (Phi) is 3.27. The van der Waals surface area contributed by atoms with Crippen LogP contribution in [0.15, 0.2) is 24.3 Å². The van der Waals surface area contributed by atoms with E-state index < -0.39 is 0 Å². The Hall–Kier alpha value is -1.02. The summed E-state index contributed by atoms with van der Waals surface area (Å²) >= 11 is 0. The Labute approximate surface area is 91.4 Å². The summed E-state index contributed by atoms with van der Waals surface area (Å²) in [5.74, 6) is 1.47. The number of nitrogens with two attached hydrogens (primary N) is 1. The van der Waals surface area contributed by atoms with Crippen LogP contribution in [0.1, 0.15) is 37.2 Å². The third-order valence-corrected chi connectivity index (χ3v) is 3.36. The molecule has 2 heteroatoms. The number of ether oxygens (including phenoxy) is 1. The largest absolute Gasteiger partial charge is 0.497 e. The van der Waals surface area contributed by atoms with Crippen LogP contribution in [-0.2, 0) is 0 Å². The molecule has 0 spiro atoms. The molecule has 1 saturated carbocycles. The van der Waals surface area contributed by atoms with Crippen molar-refractivity contribution in [2.75, 3.05) is 7.11 Å². The average Bonchev–Trinajstić information content (AvgIpc) is 2.30. The fraction of sp³-hybridized carbons (Fsp3) is 0.538. The number of benzene rings is 1. The first-order valence-corrected chi connectivity index (χ1v) is 5.71. The lowest BCUT2D eigenvalue weighted by atomic mass is 9.80. The predicted molar refractivity (Wildman–Crippen MR) is 62.2 cm³/mol. The van der Waals surface area contributed by atoms with Crippen LogP contribution in [0.4, 0.5) is 0 Å². The molecule has 0 aromatic heterocycles. The molecule has 1 aliphatic rings. The smallest absolute Gasteiger partial charge is 0.118 e. The molecule has 0 bridgehead atoms. The molecule has 82 valence electrons. The zero-order chi connectivity index (χ0) is 10.7. The Morgan fingerprint density at radius 1 is 1.13 bits per heavy atom. The summed E-state index contributed by atoms with van der Waals surface area (Å²) in [6.45, 7) is 0. The summed E-state index contributed by atoms with van der Waals surface area (Å²) in [5, 5.41) is 0. The van der Waals surface area contributed by atoms with Crippen molar-refractivity contribution in [2.45, 2.75) is 37.6 Å². The highest BCUT2D eigenvalue weighted by atomic mass is 16.5. The SMILES string of the molecule is COc1ccc([C@H]2CCCC[C@@H]2N)cc1. The highest BCUT2D eigenvalue weighted by Gasteiger charge is 2.22. The molecule has 2 nitrogen and oxygen atoms in total. The standard InChI is InChI=1S/C13H19NO/c1-15-11-8-6-10(7-9-11)12-4-2-3-5-13(12)14/h6-9,12-13H,2-5,14H2,1H3/t12-,13+/m1/s1. The van der Waals surface area contributed by atoms with Crippen molar-refractivity contribution in [3.05, 3.63) is 29.8 Å². The molecule has 0 unspecified atom stereocenters. The molecule has 0 heterocycles. The molecular weight excluding hydrogens is 186 g/mol. The average molecular weight is 205 g/mol. The molecule has 0 radical (unpaired) electrons. The molecule has 1 aromatic rings. The zero-order valence-electron chi connectivity index (χ0n) is 9.28. The molecular formula is C13H19NO. The van der Waals surface area contributed by atoms with Gasteiger partial charge in [0.1, 0.15) is 5.75 Å². The second kappa shape index (κ2) is 4.67. The van der Waals surface area contributed by atoms with E-state index >= 15 is 0 Å². The Bertz CT molecular complexity index is 307. The van der Waals surface area contributed by atoms with Crippen LogP contribution in [0.3, 0.4) is 0 Å². The molecule has 1 fully saturated rings. The minimum Gasteiger partial charge on any atom is -0.497 e. The van der Waals surface area contributed by atoms with E-state index in [1.54, 1.807) is 7.11 Å². The van der Waals surface area contributed by atoms with Crippen molar-refractivity contribution in [2.24, 2.45) is 5.73 Å². The maximum absolute atomic E-state index is 6.15. The van der Waals surface area contributed by atoms with Gasteiger partial charge < -0.3 is 10.5 Å². The van der Waals surface area contributed by atoms with E-state index in [4.69, 9.17) is 10.5 Å². The van der Waals surface area contributed by atoms with Crippen molar-refractivity contribution < 1.29 is 4.74 Å². The minimum atomic E-state index is 0.340. The zero-order valence-corrected chi connectivity index (χ0v) is 9.28. The van der Waals surface area contributed by atoms with E-state index in [1.807, 2.05) is 12.1 Å². The van der Waals surface area contributed by atoms with Gasteiger partial charge in [0.2, 0.25) is 0 Å². The summed E-state index contributed by atoms with van der Waals surface area (Å²) in [7, 11) is 1.70. The van der Waals surface area contributed by atoms with Crippen LogP contribution < -0.4 is 10.5 Å². The van der Waals surface area contributed by atoms with Gasteiger partial charge in [-0.25, -0.2) is 0 Å². The third-order valence-electron chi connectivity index (χ3n) is 3.36. The molecule has 15 heavy (non-hydrogen) atoms. The summed E-state index contributed by atoms with van der Waals surface area (Å²) in [4.78, 5) is 0. The van der Waals surface area contributed by atoms with Gasteiger partial charge in [0.15, 0.2) is 0 Å². The van der Waals surface area contributed by atoms with Crippen LogP contribution in [0.5, 0.6) is 5.75 Å². The van der Waals surface area contributed by atoms with E-state index in [1.165, 1.54) is 24.8 Å². The van der Waals surface area contributed by atoms with Crippen molar-refractivity contribution in [1.82, 2.24) is 0 Å². The van der Waals surface area contributed by atoms with E-state index in [9.17, 15) is 0 Å². The predicted octanol–water partition coefficient (Wildman–Crippen LogP) is 2.68. The summed E-state index contributed by atoms with van der Waals surface area (Å²) < 4.78 is 5.15. The fourth-order valence-electron chi connectivity index (χ4n) is 2.42. The molecule has 0 amide bonds. The second-order valence-electron chi connectivity index (χ2n) is 4.33. The summed E-state index contributed by atoms with van der Waals surface area (Å²) in [6, 6.07) is 8.68. The molecule has 0 saturated heterocycles. The van der Waals surface area contributed by atoms with Crippen LogP contribution in [0.2, 0.25) is 0 Å². The molecule has 1 aliphatic carbocycles. The topological polar surface area (TPSA) is 35.2 Å². The van der Waals surface area contributed by atoms with Crippen LogP contribution in [0.25, 0.3) is 0 Å².